The molecule has 1 saturated heterocycles. The van der Waals surface area contributed by atoms with Crippen molar-refractivity contribution in [1.29, 1.82) is 0 Å². The maximum absolute atomic E-state index is 12.0. The van der Waals surface area contributed by atoms with Gasteiger partial charge in [-0.1, -0.05) is 12.1 Å². The van der Waals surface area contributed by atoms with E-state index in [-0.39, 0.29) is 11.9 Å². The summed E-state index contributed by atoms with van der Waals surface area (Å²) < 4.78 is 1.98. The van der Waals surface area contributed by atoms with Crippen LogP contribution in [0.4, 0.5) is 0 Å². The summed E-state index contributed by atoms with van der Waals surface area (Å²) in [4.78, 5) is 27.8. The fraction of sp³-hybridized carbons (Fsp3) is 0.364. The lowest BCUT2D eigenvalue weighted by atomic mass is 10.0. The van der Waals surface area contributed by atoms with Crippen LogP contribution in [-0.2, 0) is 4.79 Å². The van der Waals surface area contributed by atoms with Crippen molar-refractivity contribution in [3.63, 3.8) is 0 Å². The molecule has 0 N–H and O–H groups in total. The van der Waals surface area contributed by atoms with Crippen LogP contribution < -0.4 is 0 Å². The topological polar surface area (TPSA) is 89.7 Å². The second kappa shape index (κ2) is 7.44. The molecule has 0 unspecified atom stereocenters. The number of aryl methyl sites for hydroxylation is 1. The first-order valence-electron chi connectivity index (χ1n) is 10.4. The third-order valence-electron chi connectivity index (χ3n) is 5.82. The third-order valence-corrected chi connectivity index (χ3v) is 5.82. The minimum atomic E-state index is 0.188. The zero-order valence-corrected chi connectivity index (χ0v) is 17.1. The number of hydrogen-bond acceptors (Lipinski definition) is 6. The number of hydrogen-bond donors (Lipinski definition) is 0. The van der Waals surface area contributed by atoms with E-state index >= 15 is 0 Å². The largest absolute Gasteiger partial charge is 0.343 e. The average molecular weight is 401 g/mol. The van der Waals surface area contributed by atoms with Crippen LogP contribution in [0.15, 0.2) is 36.7 Å². The molecular formula is C22H23N7O. The Hall–Kier alpha value is -3.42. The molecule has 5 rings (SSSR count). The molecule has 4 aromatic heterocycles. The zero-order chi connectivity index (χ0) is 20.7. The fourth-order valence-electron chi connectivity index (χ4n) is 4.10. The van der Waals surface area contributed by atoms with Crippen molar-refractivity contribution < 1.29 is 4.79 Å². The Kier molecular flexibility index (Phi) is 4.61. The standard InChI is InChI=1S/C22H23N7O/c1-3-20(30)28-10-8-16(9-11-28)29-22-19(26-27-29)13-24-18-7-6-17(25-21(18)22)15-5-4-14(2)23-12-15/h4-7,12-13,16H,3,8-11H2,1-2H3. The Morgan fingerprint density at radius 2 is 1.90 bits per heavy atom. The first kappa shape index (κ1) is 18.6. The van der Waals surface area contributed by atoms with E-state index in [4.69, 9.17) is 4.98 Å². The number of fused-ring (bicyclic) bond motifs is 3. The number of aromatic nitrogens is 6. The quantitative estimate of drug-likeness (QED) is 0.523. The first-order valence-corrected chi connectivity index (χ1v) is 10.4. The molecular weight excluding hydrogens is 378 g/mol. The summed E-state index contributed by atoms with van der Waals surface area (Å²) in [5.41, 5.74) is 6.03. The van der Waals surface area contributed by atoms with E-state index in [0.717, 1.165) is 64.9 Å². The van der Waals surface area contributed by atoms with Crippen molar-refractivity contribution in [2.45, 2.75) is 39.2 Å². The predicted molar refractivity (Wildman–Crippen MR) is 114 cm³/mol. The highest BCUT2D eigenvalue weighted by Gasteiger charge is 2.26. The molecule has 5 heterocycles. The summed E-state index contributed by atoms with van der Waals surface area (Å²) in [5, 5.41) is 8.79. The predicted octanol–water partition coefficient (Wildman–Crippen LogP) is 3.32. The lowest BCUT2D eigenvalue weighted by Gasteiger charge is -2.32. The van der Waals surface area contributed by atoms with Gasteiger partial charge in [0.2, 0.25) is 5.91 Å². The van der Waals surface area contributed by atoms with Crippen LogP contribution in [-0.4, -0.2) is 53.8 Å². The number of carbonyl (C=O) groups excluding carboxylic acids is 1. The van der Waals surface area contributed by atoms with E-state index in [1.165, 1.54) is 0 Å². The number of likely N-dealkylation sites (tertiary alicyclic amines) is 1. The molecule has 0 aliphatic carbocycles. The summed E-state index contributed by atoms with van der Waals surface area (Å²) in [6.07, 6.45) is 5.86. The summed E-state index contributed by atoms with van der Waals surface area (Å²) in [7, 11) is 0. The van der Waals surface area contributed by atoms with Gasteiger partial charge in [-0.05, 0) is 44.0 Å². The van der Waals surface area contributed by atoms with Crippen LogP contribution in [0.2, 0.25) is 0 Å². The van der Waals surface area contributed by atoms with Crippen molar-refractivity contribution >= 4 is 28.0 Å². The molecule has 1 aliphatic rings. The smallest absolute Gasteiger partial charge is 0.222 e. The molecule has 1 aliphatic heterocycles. The minimum Gasteiger partial charge on any atom is -0.343 e. The summed E-state index contributed by atoms with van der Waals surface area (Å²) in [6, 6.07) is 8.15. The molecule has 8 heteroatoms. The lowest BCUT2D eigenvalue weighted by Crippen LogP contribution is -2.38. The molecule has 0 saturated carbocycles. The highest BCUT2D eigenvalue weighted by molar-refractivity contribution is 5.99. The van der Waals surface area contributed by atoms with Crippen LogP contribution in [0.25, 0.3) is 33.3 Å². The molecule has 8 nitrogen and oxygen atoms in total. The monoisotopic (exact) mass is 401 g/mol. The number of amides is 1. The number of piperidine rings is 1. The van der Waals surface area contributed by atoms with Gasteiger partial charge in [0.05, 0.1) is 23.4 Å². The van der Waals surface area contributed by atoms with Gasteiger partial charge >= 0.3 is 0 Å². The Bertz CT molecular complexity index is 1220. The van der Waals surface area contributed by atoms with Gasteiger partial charge in [-0.3, -0.25) is 14.8 Å². The maximum Gasteiger partial charge on any atom is 0.222 e. The second-order valence-corrected chi connectivity index (χ2v) is 7.74. The number of pyridine rings is 3. The van der Waals surface area contributed by atoms with Crippen molar-refractivity contribution in [2.24, 2.45) is 0 Å². The molecule has 4 aromatic rings. The summed E-state index contributed by atoms with van der Waals surface area (Å²) in [5.74, 6) is 0.213. The van der Waals surface area contributed by atoms with Gasteiger partial charge in [0.1, 0.15) is 16.6 Å². The third kappa shape index (κ3) is 3.18. The SMILES string of the molecule is CCC(=O)N1CCC(n2nnc3cnc4ccc(-c5ccc(C)nc5)nc4c32)CC1. The maximum atomic E-state index is 12.0. The van der Waals surface area contributed by atoms with Crippen molar-refractivity contribution in [3.05, 3.63) is 42.4 Å². The fourth-order valence-corrected chi connectivity index (χ4v) is 4.10. The number of nitrogens with zero attached hydrogens (tertiary/aromatic N) is 7. The molecule has 0 atom stereocenters. The van der Waals surface area contributed by atoms with Crippen LogP contribution in [0.3, 0.4) is 0 Å². The van der Waals surface area contributed by atoms with Gasteiger partial charge in [-0.25, -0.2) is 9.67 Å². The van der Waals surface area contributed by atoms with E-state index in [0.29, 0.717) is 6.42 Å². The molecule has 0 bridgehead atoms. The minimum absolute atomic E-state index is 0.188. The summed E-state index contributed by atoms with van der Waals surface area (Å²) in [6.45, 7) is 5.37. The van der Waals surface area contributed by atoms with E-state index in [1.54, 1.807) is 6.20 Å². The van der Waals surface area contributed by atoms with Crippen LogP contribution in [0, 0.1) is 6.92 Å². The van der Waals surface area contributed by atoms with Gasteiger partial charge in [-0.15, -0.1) is 5.10 Å². The van der Waals surface area contributed by atoms with Gasteiger partial charge in [0.15, 0.2) is 0 Å². The molecule has 0 aromatic carbocycles. The van der Waals surface area contributed by atoms with Crippen LogP contribution in [0.5, 0.6) is 0 Å². The number of carbonyl (C=O) groups is 1. The van der Waals surface area contributed by atoms with Gasteiger partial charge < -0.3 is 4.90 Å². The first-order chi connectivity index (χ1) is 14.6. The van der Waals surface area contributed by atoms with Crippen LogP contribution in [0.1, 0.15) is 37.9 Å². The van der Waals surface area contributed by atoms with Crippen LogP contribution >= 0.6 is 0 Å². The van der Waals surface area contributed by atoms with Gasteiger partial charge in [0, 0.05) is 37.0 Å². The van der Waals surface area contributed by atoms with Gasteiger partial charge in [-0.2, -0.15) is 0 Å². The molecule has 152 valence electrons. The molecule has 1 amide bonds. The van der Waals surface area contributed by atoms with Crippen molar-refractivity contribution in [2.75, 3.05) is 13.1 Å². The van der Waals surface area contributed by atoms with E-state index in [9.17, 15) is 4.79 Å². The normalized spacial score (nSPS) is 15.2. The van der Waals surface area contributed by atoms with E-state index < -0.39 is 0 Å². The van der Waals surface area contributed by atoms with Crippen molar-refractivity contribution in [3.8, 4) is 11.3 Å². The highest BCUT2D eigenvalue weighted by atomic mass is 16.2. The Balaban J connectivity index is 1.56. The van der Waals surface area contributed by atoms with E-state index in [1.807, 2.05) is 53.9 Å². The number of rotatable bonds is 3. The highest BCUT2D eigenvalue weighted by Crippen LogP contribution is 2.30. The Morgan fingerprint density at radius 3 is 2.63 bits per heavy atom. The molecule has 0 spiro atoms. The molecule has 0 radical (unpaired) electrons. The Morgan fingerprint density at radius 1 is 1.07 bits per heavy atom. The summed E-state index contributed by atoms with van der Waals surface area (Å²) >= 11 is 0. The lowest BCUT2D eigenvalue weighted by molar-refractivity contribution is -0.132. The average Bonchev–Trinajstić information content (AvgIpc) is 3.23. The van der Waals surface area contributed by atoms with Gasteiger partial charge in [0.25, 0.3) is 0 Å². The second-order valence-electron chi connectivity index (χ2n) is 7.74. The van der Waals surface area contributed by atoms with E-state index in [2.05, 4.69) is 20.3 Å². The van der Waals surface area contributed by atoms with Crippen molar-refractivity contribution in [1.82, 2.24) is 34.8 Å². The molecule has 30 heavy (non-hydrogen) atoms. The Labute approximate surface area is 174 Å². The molecule has 1 fully saturated rings. The zero-order valence-electron chi connectivity index (χ0n) is 17.1.